The van der Waals surface area contributed by atoms with Crippen molar-refractivity contribution in [3.8, 4) is 5.88 Å². The molecule has 9 nitrogen and oxygen atoms in total. The van der Waals surface area contributed by atoms with E-state index in [2.05, 4.69) is 64.2 Å². The molecule has 5 rings (SSSR count). The molecule has 9 heteroatoms. The molecule has 0 atom stereocenters. The van der Waals surface area contributed by atoms with Gasteiger partial charge in [-0.3, -0.25) is 14.6 Å². The van der Waals surface area contributed by atoms with Crippen molar-refractivity contribution in [3.05, 3.63) is 60.2 Å². The number of fused-ring (bicyclic) bond motifs is 2. The number of ether oxygens (including phenoxy) is 3. The Morgan fingerprint density at radius 1 is 0.610 bits per heavy atom. The second-order valence-electron chi connectivity index (χ2n) is 16.9. The molecule has 3 aromatic rings. The molecule has 59 heavy (non-hydrogen) atoms. The Morgan fingerprint density at radius 2 is 1.20 bits per heavy atom. The summed E-state index contributed by atoms with van der Waals surface area (Å²) in [6, 6.07) is 19.0. The van der Waals surface area contributed by atoms with Crippen molar-refractivity contribution in [2.75, 3.05) is 62.5 Å². The van der Waals surface area contributed by atoms with E-state index in [1.807, 2.05) is 12.1 Å². The maximum atomic E-state index is 12.8. The lowest BCUT2D eigenvalue weighted by Crippen LogP contribution is -2.46. The lowest BCUT2D eigenvalue weighted by Gasteiger charge is -2.36. The zero-order valence-corrected chi connectivity index (χ0v) is 36.7. The van der Waals surface area contributed by atoms with Gasteiger partial charge in [0, 0.05) is 49.7 Å². The first-order valence-corrected chi connectivity index (χ1v) is 23.8. The van der Waals surface area contributed by atoms with Crippen LogP contribution in [0.15, 0.2) is 54.6 Å². The quantitative estimate of drug-likeness (QED) is 0.0486. The van der Waals surface area contributed by atoms with E-state index >= 15 is 0 Å². The van der Waals surface area contributed by atoms with Gasteiger partial charge in [0.15, 0.2) is 6.73 Å². The van der Waals surface area contributed by atoms with Gasteiger partial charge in [-0.2, -0.15) is 4.98 Å². The molecular formula is C50H76N4O5. The molecule has 1 aromatic heterocycles. The molecule has 2 aliphatic rings. The van der Waals surface area contributed by atoms with Crippen LogP contribution >= 0.6 is 0 Å². The Balaban J connectivity index is 0.850. The highest BCUT2D eigenvalue weighted by atomic mass is 16.7. The molecule has 2 aliphatic heterocycles. The molecule has 0 saturated carbocycles. The molecule has 1 saturated heterocycles. The lowest BCUT2D eigenvalue weighted by molar-refractivity contribution is -0.119. The Hall–Kier alpha value is -3.85. The third-order valence-corrected chi connectivity index (χ3v) is 12.2. The van der Waals surface area contributed by atoms with Crippen LogP contribution in [-0.4, -0.2) is 74.6 Å². The standard InChI is InChI=1S/C50H76N4O5/c1-2-3-4-5-6-7-8-9-10-11-12-13-14-15-16-17-18-19-20-24-41-58-50(56)59-42-54-48(55)34-32-44-31-33-47(51-49(44)54)57-40-25-23-35-52-36-38-53(39-37-52)46-30-26-28-43-27-21-22-29-45(43)46/h21-22,26-31,33H,2-20,23-25,32,34-42H2,1H3. The molecule has 1 fully saturated rings. The Morgan fingerprint density at radius 3 is 1.86 bits per heavy atom. The Bertz CT molecular complexity index is 1620. The average molecular weight is 813 g/mol. The highest BCUT2D eigenvalue weighted by Crippen LogP contribution is 2.29. The first-order chi connectivity index (χ1) is 29.1. The predicted octanol–water partition coefficient (Wildman–Crippen LogP) is 12.4. The molecule has 2 aromatic carbocycles. The Kier molecular flexibility index (Phi) is 21.8. The van der Waals surface area contributed by atoms with Gasteiger partial charge in [0.1, 0.15) is 5.82 Å². The molecule has 0 aliphatic carbocycles. The van der Waals surface area contributed by atoms with Crippen molar-refractivity contribution >= 4 is 34.3 Å². The van der Waals surface area contributed by atoms with E-state index in [0.717, 1.165) is 70.4 Å². The second kappa shape index (κ2) is 27.8. The fraction of sp³-hybridized carbons (Fsp3) is 0.660. The van der Waals surface area contributed by atoms with Crippen molar-refractivity contribution in [3.63, 3.8) is 0 Å². The molecular weight excluding hydrogens is 737 g/mol. The third kappa shape index (κ3) is 17.0. The molecule has 0 spiro atoms. The lowest BCUT2D eigenvalue weighted by atomic mass is 10.0. The predicted molar refractivity (Wildman–Crippen MR) is 243 cm³/mol. The van der Waals surface area contributed by atoms with Gasteiger partial charge in [0.25, 0.3) is 0 Å². The number of unbranched alkanes of at least 4 members (excludes halogenated alkanes) is 20. The number of aromatic nitrogens is 1. The summed E-state index contributed by atoms with van der Waals surface area (Å²) in [7, 11) is 0. The average Bonchev–Trinajstić information content (AvgIpc) is 3.26. The molecule has 326 valence electrons. The van der Waals surface area contributed by atoms with Gasteiger partial charge >= 0.3 is 6.16 Å². The summed E-state index contributed by atoms with van der Waals surface area (Å²) in [5, 5.41) is 2.62. The molecule has 0 radical (unpaired) electrons. The molecule has 0 unspecified atom stereocenters. The van der Waals surface area contributed by atoms with Crippen molar-refractivity contribution < 1.29 is 23.8 Å². The number of carbonyl (C=O) groups excluding carboxylic acids is 2. The summed E-state index contributed by atoms with van der Waals surface area (Å²) >= 11 is 0. The van der Waals surface area contributed by atoms with Gasteiger partial charge in [-0.1, -0.05) is 165 Å². The Labute approximate surface area is 356 Å². The van der Waals surface area contributed by atoms with E-state index < -0.39 is 6.16 Å². The molecule has 1 amide bonds. The smallest absolute Gasteiger partial charge is 0.478 e. The van der Waals surface area contributed by atoms with Crippen molar-refractivity contribution in [2.45, 2.75) is 161 Å². The second-order valence-corrected chi connectivity index (χ2v) is 16.9. The van der Waals surface area contributed by atoms with E-state index in [9.17, 15) is 9.59 Å². The van der Waals surface area contributed by atoms with Gasteiger partial charge in [0.05, 0.1) is 13.2 Å². The van der Waals surface area contributed by atoms with Crippen LogP contribution in [-0.2, 0) is 20.7 Å². The minimum absolute atomic E-state index is 0.121. The zero-order chi connectivity index (χ0) is 41.2. The van der Waals surface area contributed by atoms with Gasteiger partial charge in [-0.05, 0) is 55.3 Å². The summed E-state index contributed by atoms with van der Waals surface area (Å²) in [5.74, 6) is 0.864. The first-order valence-electron chi connectivity index (χ1n) is 23.8. The fourth-order valence-corrected chi connectivity index (χ4v) is 8.58. The van der Waals surface area contributed by atoms with Gasteiger partial charge in [0.2, 0.25) is 11.8 Å². The topological polar surface area (TPSA) is 84.4 Å². The number of hydrogen-bond donors (Lipinski definition) is 0. The van der Waals surface area contributed by atoms with Crippen molar-refractivity contribution in [2.24, 2.45) is 0 Å². The maximum absolute atomic E-state index is 12.8. The van der Waals surface area contributed by atoms with Gasteiger partial charge in [-0.25, -0.2) is 4.79 Å². The van der Waals surface area contributed by atoms with Crippen LogP contribution in [0, 0.1) is 0 Å². The van der Waals surface area contributed by atoms with Crippen LogP contribution < -0.4 is 14.5 Å². The number of benzene rings is 2. The van der Waals surface area contributed by atoms with E-state index in [1.54, 1.807) is 0 Å². The number of amides is 1. The van der Waals surface area contributed by atoms with Gasteiger partial charge in [-0.15, -0.1) is 0 Å². The van der Waals surface area contributed by atoms with Crippen LogP contribution in [0.4, 0.5) is 16.3 Å². The normalized spacial score (nSPS) is 14.5. The maximum Gasteiger partial charge on any atom is 0.510 e. The summed E-state index contributed by atoms with van der Waals surface area (Å²) in [6.45, 7) is 8.16. The zero-order valence-electron chi connectivity index (χ0n) is 36.7. The molecule has 0 bridgehead atoms. The van der Waals surface area contributed by atoms with E-state index in [4.69, 9.17) is 14.2 Å². The highest BCUT2D eigenvalue weighted by Gasteiger charge is 2.27. The third-order valence-electron chi connectivity index (χ3n) is 12.2. The number of nitrogens with zero attached hydrogens (tertiary/aromatic N) is 4. The number of pyridine rings is 1. The summed E-state index contributed by atoms with van der Waals surface area (Å²) in [6.07, 6.45) is 28.8. The minimum Gasteiger partial charge on any atom is -0.478 e. The van der Waals surface area contributed by atoms with Crippen LogP contribution in [0.25, 0.3) is 10.8 Å². The number of piperazine rings is 1. The number of aryl methyl sites for hydroxylation is 1. The van der Waals surface area contributed by atoms with E-state index in [-0.39, 0.29) is 12.6 Å². The van der Waals surface area contributed by atoms with Crippen LogP contribution in [0.2, 0.25) is 0 Å². The number of hydrogen-bond acceptors (Lipinski definition) is 8. The number of carbonyl (C=O) groups is 2. The minimum atomic E-state index is -0.745. The summed E-state index contributed by atoms with van der Waals surface area (Å²) < 4.78 is 16.7. The summed E-state index contributed by atoms with van der Waals surface area (Å²) in [5.41, 5.74) is 2.28. The highest BCUT2D eigenvalue weighted by molar-refractivity contribution is 5.95. The first kappa shape index (κ1) is 46.2. The van der Waals surface area contributed by atoms with Crippen LogP contribution in [0.1, 0.15) is 160 Å². The van der Waals surface area contributed by atoms with Crippen molar-refractivity contribution in [1.29, 1.82) is 0 Å². The van der Waals surface area contributed by atoms with Gasteiger partial charge < -0.3 is 19.1 Å². The molecule has 3 heterocycles. The SMILES string of the molecule is CCCCCCCCCCCCCCCCCCCCCCOC(=O)OCN1C(=O)CCc2ccc(OCCCCN3CCN(c4cccc5ccccc45)CC3)nc21. The van der Waals surface area contributed by atoms with Crippen molar-refractivity contribution in [1.82, 2.24) is 9.88 Å². The van der Waals surface area contributed by atoms with Crippen LogP contribution in [0.3, 0.4) is 0 Å². The van der Waals surface area contributed by atoms with Crippen LogP contribution in [0.5, 0.6) is 5.88 Å². The van der Waals surface area contributed by atoms with E-state index in [0.29, 0.717) is 37.8 Å². The summed E-state index contributed by atoms with van der Waals surface area (Å²) in [4.78, 5) is 36.4. The number of rotatable bonds is 30. The number of anilines is 2. The fourth-order valence-electron chi connectivity index (χ4n) is 8.58. The largest absolute Gasteiger partial charge is 0.510 e. The van der Waals surface area contributed by atoms with E-state index in [1.165, 1.54) is 131 Å². The monoisotopic (exact) mass is 813 g/mol. The molecule has 0 N–H and O–H groups in total.